The van der Waals surface area contributed by atoms with E-state index in [1.807, 2.05) is 12.1 Å². The van der Waals surface area contributed by atoms with Crippen LogP contribution >= 0.6 is 0 Å². The van der Waals surface area contributed by atoms with E-state index in [-0.39, 0.29) is 5.82 Å². The van der Waals surface area contributed by atoms with E-state index in [0.29, 0.717) is 0 Å². The van der Waals surface area contributed by atoms with Crippen LogP contribution < -0.4 is 0 Å². The molecule has 3 aliphatic rings. The maximum atomic E-state index is 13.2. The maximum Gasteiger partial charge on any atom is 0.123 e. The van der Waals surface area contributed by atoms with Crippen LogP contribution in [0.2, 0.25) is 0 Å². The molecule has 1 aromatic carbocycles. The molecule has 3 atom stereocenters. The van der Waals surface area contributed by atoms with Crippen molar-refractivity contribution in [1.29, 1.82) is 0 Å². The largest absolute Gasteiger partial charge is 0.298 e. The Hall–Kier alpha value is -0.930. The Morgan fingerprint density at radius 2 is 1.90 bits per heavy atom. The summed E-state index contributed by atoms with van der Waals surface area (Å²) in [6, 6.07) is 7.92. The van der Waals surface area contributed by atoms with Crippen LogP contribution in [0.3, 0.4) is 0 Å². The highest BCUT2D eigenvalue weighted by Gasteiger charge is 2.42. The predicted molar refractivity (Wildman–Crippen MR) is 82.5 cm³/mol. The average Bonchev–Trinajstić information content (AvgIpc) is 3.11. The zero-order valence-electron chi connectivity index (χ0n) is 12.7. The molecule has 4 rings (SSSR count). The SMILES string of the molecule is Fc1cccc(CN2CCN([C@H]3C[C@H]4CC[C@H]3C4)CC2)c1. The molecule has 0 amide bonds. The third-order valence-electron chi connectivity index (χ3n) is 5.87. The molecular weight excluding hydrogens is 263 g/mol. The second-order valence-electron chi connectivity index (χ2n) is 7.18. The predicted octanol–water partition coefficient (Wildman–Crippen LogP) is 3.13. The van der Waals surface area contributed by atoms with Crippen LogP contribution in [0.1, 0.15) is 31.2 Å². The molecule has 0 aromatic heterocycles. The molecular formula is C18H25FN2. The van der Waals surface area contributed by atoms with E-state index in [1.54, 1.807) is 6.07 Å². The molecule has 3 fully saturated rings. The van der Waals surface area contributed by atoms with E-state index in [9.17, 15) is 4.39 Å². The number of piperazine rings is 1. The van der Waals surface area contributed by atoms with Crippen molar-refractivity contribution >= 4 is 0 Å². The van der Waals surface area contributed by atoms with Gasteiger partial charge in [0.15, 0.2) is 0 Å². The lowest BCUT2D eigenvalue weighted by Crippen LogP contribution is -2.51. The van der Waals surface area contributed by atoms with E-state index in [1.165, 1.54) is 44.8 Å². The minimum Gasteiger partial charge on any atom is -0.298 e. The maximum absolute atomic E-state index is 13.2. The topological polar surface area (TPSA) is 6.48 Å². The number of fused-ring (bicyclic) bond motifs is 2. The molecule has 21 heavy (non-hydrogen) atoms. The minimum absolute atomic E-state index is 0.117. The zero-order valence-corrected chi connectivity index (χ0v) is 12.7. The first-order chi connectivity index (χ1) is 10.3. The Bertz CT molecular complexity index is 496. The molecule has 2 saturated carbocycles. The molecule has 1 saturated heterocycles. The summed E-state index contributed by atoms with van der Waals surface area (Å²) in [6.07, 6.45) is 5.91. The summed E-state index contributed by atoms with van der Waals surface area (Å²) in [5.74, 6) is 1.91. The lowest BCUT2D eigenvalue weighted by Gasteiger charge is -2.41. The number of rotatable bonds is 3. The molecule has 0 radical (unpaired) electrons. The Labute approximate surface area is 126 Å². The van der Waals surface area contributed by atoms with Crippen LogP contribution in [0.5, 0.6) is 0 Å². The number of hydrogen-bond acceptors (Lipinski definition) is 2. The summed E-state index contributed by atoms with van der Waals surface area (Å²) in [4.78, 5) is 5.21. The molecule has 2 aliphatic carbocycles. The smallest absolute Gasteiger partial charge is 0.123 e. The first kappa shape index (κ1) is 13.7. The Morgan fingerprint density at radius 3 is 2.57 bits per heavy atom. The fraction of sp³-hybridized carbons (Fsp3) is 0.667. The van der Waals surface area contributed by atoms with Crippen molar-refractivity contribution in [3.63, 3.8) is 0 Å². The van der Waals surface area contributed by atoms with Gasteiger partial charge in [-0.3, -0.25) is 9.80 Å². The molecule has 114 valence electrons. The summed E-state index contributed by atoms with van der Waals surface area (Å²) in [6.45, 7) is 5.55. The molecule has 3 heteroatoms. The molecule has 2 nitrogen and oxygen atoms in total. The summed E-state index contributed by atoms with van der Waals surface area (Å²) in [5.41, 5.74) is 1.10. The van der Waals surface area contributed by atoms with Gasteiger partial charge in [0.1, 0.15) is 5.82 Å². The van der Waals surface area contributed by atoms with E-state index in [0.717, 1.165) is 43.1 Å². The van der Waals surface area contributed by atoms with Crippen molar-refractivity contribution in [3.8, 4) is 0 Å². The van der Waals surface area contributed by atoms with E-state index in [2.05, 4.69) is 9.80 Å². The number of nitrogens with zero attached hydrogens (tertiary/aromatic N) is 2. The number of halogens is 1. The van der Waals surface area contributed by atoms with Crippen LogP contribution in [0, 0.1) is 17.7 Å². The third kappa shape index (κ3) is 2.86. The van der Waals surface area contributed by atoms with Gasteiger partial charge < -0.3 is 0 Å². The number of benzene rings is 1. The fourth-order valence-corrected chi connectivity index (χ4v) is 4.80. The lowest BCUT2D eigenvalue weighted by atomic mass is 9.93. The van der Waals surface area contributed by atoms with E-state index in [4.69, 9.17) is 0 Å². The minimum atomic E-state index is -0.117. The van der Waals surface area contributed by atoms with Gasteiger partial charge in [0.05, 0.1) is 0 Å². The highest BCUT2D eigenvalue weighted by Crippen LogP contribution is 2.46. The van der Waals surface area contributed by atoms with Crippen molar-refractivity contribution in [1.82, 2.24) is 9.80 Å². The van der Waals surface area contributed by atoms with Gasteiger partial charge in [-0.15, -0.1) is 0 Å². The summed E-state index contributed by atoms with van der Waals surface area (Å²) in [5, 5.41) is 0. The summed E-state index contributed by atoms with van der Waals surface area (Å²) in [7, 11) is 0. The molecule has 0 unspecified atom stereocenters. The van der Waals surface area contributed by atoms with Crippen molar-refractivity contribution in [2.45, 2.75) is 38.3 Å². The zero-order chi connectivity index (χ0) is 14.2. The normalized spacial score (nSPS) is 33.7. The molecule has 0 N–H and O–H groups in total. The van der Waals surface area contributed by atoms with Gasteiger partial charge in [0.25, 0.3) is 0 Å². The van der Waals surface area contributed by atoms with Crippen LogP contribution in [0.25, 0.3) is 0 Å². The second kappa shape index (κ2) is 5.69. The fourth-order valence-electron chi connectivity index (χ4n) is 4.80. The van der Waals surface area contributed by atoms with Crippen LogP contribution in [-0.4, -0.2) is 42.0 Å². The first-order valence-corrected chi connectivity index (χ1v) is 8.49. The first-order valence-electron chi connectivity index (χ1n) is 8.49. The Kier molecular flexibility index (Phi) is 3.72. The Morgan fingerprint density at radius 1 is 1.05 bits per heavy atom. The van der Waals surface area contributed by atoms with Gasteiger partial charge in [-0.1, -0.05) is 18.6 Å². The Balaban J connectivity index is 1.31. The van der Waals surface area contributed by atoms with Crippen molar-refractivity contribution in [3.05, 3.63) is 35.6 Å². The van der Waals surface area contributed by atoms with Crippen molar-refractivity contribution < 1.29 is 4.39 Å². The third-order valence-corrected chi connectivity index (χ3v) is 5.87. The van der Waals surface area contributed by atoms with Gasteiger partial charge in [0.2, 0.25) is 0 Å². The highest BCUT2D eigenvalue weighted by molar-refractivity contribution is 5.16. The van der Waals surface area contributed by atoms with E-state index >= 15 is 0 Å². The van der Waals surface area contributed by atoms with Gasteiger partial charge in [-0.05, 0) is 48.8 Å². The van der Waals surface area contributed by atoms with Crippen molar-refractivity contribution in [2.24, 2.45) is 11.8 Å². The average molecular weight is 288 g/mol. The van der Waals surface area contributed by atoms with E-state index < -0.39 is 0 Å². The summed E-state index contributed by atoms with van der Waals surface area (Å²) >= 11 is 0. The van der Waals surface area contributed by atoms with Crippen LogP contribution in [0.15, 0.2) is 24.3 Å². The molecule has 1 aliphatic heterocycles. The van der Waals surface area contributed by atoms with Crippen LogP contribution in [-0.2, 0) is 6.54 Å². The highest BCUT2D eigenvalue weighted by atomic mass is 19.1. The number of hydrogen-bond donors (Lipinski definition) is 0. The molecule has 1 heterocycles. The van der Waals surface area contributed by atoms with Gasteiger partial charge in [-0.2, -0.15) is 0 Å². The van der Waals surface area contributed by atoms with Crippen molar-refractivity contribution in [2.75, 3.05) is 26.2 Å². The van der Waals surface area contributed by atoms with Gasteiger partial charge in [-0.25, -0.2) is 4.39 Å². The quantitative estimate of drug-likeness (QED) is 0.843. The molecule has 2 bridgehead atoms. The lowest BCUT2D eigenvalue weighted by molar-refractivity contribution is 0.0679. The molecule has 0 spiro atoms. The summed E-state index contributed by atoms with van der Waals surface area (Å²) < 4.78 is 13.2. The van der Waals surface area contributed by atoms with Gasteiger partial charge in [0, 0.05) is 38.8 Å². The van der Waals surface area contributed by atoms with Gasteiger partial charge >= 0.3 is 0 Å². The second-order valence-corrected chi connectivity index (χ2v) is 7.18. The monoisotopic (exact) mass is 288 g/mol. The standard InChI is InChI=1S/C18H25FN2/c19-17-3-1-2-15(11-17)13-20-6-8-21(9-7-20)18-12-14-4-5-16(18)10-14/h1-3,11,14,16,18H,4-10,12-13H2/t14-,16-,18-/m0/s1. The van der Waals surface area contributed by atoms with Crippen LogP contribution in [0.4, 0.5) is 4.39 Å². The molecule has 1 aromatic rings.